The van der Waals surface area contributed by atoms with Crippen molar-refractivity contribution in [3.63, 3.8) is 0 Å². The molecule has 0 saturated heterocycles. The second-order valence-corrected chi connectivity index (χ2v) is 7.22. The van der Waals surface area contributed by atoms with Crippen LogP contribution in [0.25, 0.3) is 21.5 Å². The van der Waals surface area contributed by atoms with E-state index in [9.17, 15) is 9.90 Å². The van der Waals surface area contributed by atoms with Crippen molar-refractivity contribution >= 4 is 64.0 Å². The van der Waals surface area contributed by atoms with Gasteiger partial charge < -0.3 is 21.0 Å². The molecule has 4 rings (SSSR count). The summed E-state index contributed by atoms with van der Waals surface area (Å²) in [7, 11) is 0. The van der Waals surface area contributed by atoms with E-state index < -0.39 is 11.9 Å². The number of hydrogen-bond donors (Lipinski definition) is 5. The summed E-state index contributed by atoms with van der Waals surface area (Å²) in [4.78, 5) is 12.1. The standard InChI is InChI=1S/C23H20N4O3.2ClH/c24-21(25)14-4-3-13-2-1-12(7-16(13)9-14)8-19(23(28)29)20-18-6-5-15(22(26)27)10-17(18)11-30-20;;/h1-7,9-11,19H,8H2,(H3,24,25)(H3,26,27)(H,28,29);2*1H. The molecule has 0 spiro atoms. The van der Waals surface area contributed by atoms with E-state index >= 15 is 0 Å². The first-order valence-electron chi connectivity index (χ1n) is 9.29. The summed E-state index contributed by atoms with van der Waals surface area (Å²) in [5, 5.41) is 28.3. The van der Waals surface area contributed by atoms with Gasteiger partial charge in [-0.25, -0.2) is 0 Å². The van der Waals surface area contributed by atoms with Crippen molar-refractivity contribution in [1.29, 1.82) is 10.8 Å². The molecular formula is C23H22Cl2N4O3. The third-order valence-electron chi connectivity index (χ3n) is 5.21. The number of aliphatic carboxylic acids is 1. The van der Waals surface area contributed by atoms with Crippen LogP contribution in [0.5, 0.6) is 0 Å². The Morgan fingerprint density at radius 3 is 2.09 bits per heavy atom. The number of nitrogens with two attached hydrogens (primary N) is 2. The number of amidine groups is 2. The first-order chi connectivity index (χ1) is 14.3. The summed E-state index contributed by atoms with van der Waals surface area (Å²) in [5.41, 5.74) is 13.1. The van der Waals surface area contributed by atoms with E-state index in [2.05, 4.69) is 0 Å². The highest BCUT2D eigenvalue weighted by atomic mass is 35.5. The van der Waals surface area contributed by atoms with Crippen molar-refractivity contribution < 1.29 is 14.3 Å². The Bertz CT molecular complexity index is 1330. The van der Waals surface area contributed by atoms with Gasteiger partial charge in [-0.1, -0.05) is 42.5 Å². The molecule has 166 valence electrons. The molecule has 1 atom stereocenters. The third kappa shape index (κ3) is 4.69. The zero-order valence-corrected chi connectivity index (χ0v) is 18.4. The Labute approximate surface area is 196 Å². The van der Waals surface area contributed by atoms with E-state index in [1.54, 1.807) is 24.3 Å². The summed E-state index contributed by atoms with van der Waals surface area (Å²) in [6.07, 6.45) is 1.74. The van der Waals surface area contributed by atoms with Crippen LogP contribution >= 0.6 is 24.8 Å². The predicted molar refractivity (Wildman–Crippen MR) is 131 cm³/mol. The van der Waals surface area contributed by atoms with Crippen molar-refractivity contribution in [1.82, 2.24) is 0 Å². The molecule has 0 bridgehead atoms. The summed E-state index contributed by atoms with van der Waals surface area (Å²) in [6.45, 7) is 0. The van der Waals surface area contributed by atoms with Gasteiger partial charge in [0.1, 0.15) is 23.3 Å². The van der Waals surface area contributed by atoms with Gasteiger partial charge >= 0.3 is 5.97 Å². The Balaban J connectivity index is 0.00000181. The van der Waals surface area contributed by atoms with Crippen molar-refractivity contribution in [2.75, 3.05) is 0 Å². The van der Waals surface area contributed by atoms with Gasteiger partial charge in [0.05, 0.1) is 6.26 Å². The average Bonchev–Trinajstić information content (AvgIpc) is 3.14. The predicted octanol–water partition coefficient (Wildman–Crippen LogP) is 4.41. The number of rotatable bonds is 6. The largest absolute Gasteiger partial charge is 0.481 e. The van der Waals surface area contributed by atoms with E-state index in [0.717, 1.165) is 16.3 Å². The molecule has 0 aliphatic rings. The van der Waals surface area contributed by atoms with Gasteiger partial charge in [0, 0.05) is 21.9 Å². The van der Waals surface area contributed by atoms with E-state index in [0.29, 0.717) is 27.7 Å². The molecule has 3 aromatic carbocycles. The summed E-state index contributed by atoms with van der Waals surface area (Å²) < 4.78 is 5.65. The molecule has 1 unspecified atom stereocenters. The fourth-order valence-corrected chi connectivity index (χ4v) is 3.63. The van der Waals surface area contributed by atoms with Crippen molar-refractivity contribution in [3.05, 3.63) is 83.3 Å². The van der Waals surface area contributed by atoms with Gasteiger partial charge in [-0.05, 0) is 34.9 Å². The second-order valence-electron chi connectivity index (χ2n) is 7.22. The molecule has 4 aromatic rings. The van der Waals surface area contributed by atoms with Gasteiger partial charge in [0.25, 0.3) is 0 Å². The van der Waals surface area contributed by atoms with Crippen LogP contribution in [0.1, 0.15) is 28.4 Å². The minimum absolute atomic E-state index is 0. The fourth-order valence-electron chi connectivity index (χ4n) is 3.63. The lowest BCUT2D eigenvalue weighted by molar-refractivity contribution is -0.139. The molecule has 1 heterocycles. The normalized spacial score (nSPS) is 11.4. The highest BCUT2D eigenvalue weighted by Crippen LogP contribution is 2.32. The van der Waals surface area contributed by atoms with Crippen molar-refractivity contribution in [3.8, 4) is 0 Å². The average molecular weight is 473 g/mol. The second kappa shape index (κ2) is 9.72. The number of hydrogen-bond acceptors (Lipinski definition) is 4. The van der Waals surface area contributed by atoms with Crippen LogP contribution in [-0.4, -0.2) is 22.7 Å². The summed E-state index contributed by atoms with van der Waals surface area (Å²) in [5.74, 6) is -1.57. The Morgan fingerprint density at radius 2 is 1.47 bits per heavy atom. The molecular weight excluding hydrogens is 451 g/mol. The van der Waals surface area contributed by atoms with Gasteiger partial charge in [-0.3, -0.25) is 15.6 Å². The number of halogens is 2. The van der Waals surface area contributed by atoms with Crippen LogP contribution < -0.4 is 11.5 Å². The topological polar surface area (TPSA) is 150 Å². The highest BCUT2D eigenvalue weighted by molar-refractivity contribution is 6.00. The number of fused-ring (bicyclic) bond motifs is 2. The van der Waals surface area contributed by atoms with Crippen LogP contribution in [0, 0.1) is 10.8 Å². The monoisotopic (exact) mass is 472 g/mol. The molecule has 0 saturated carbocycles. The maximum atomic E-state index is 12.1. The van der Waals surface area contributed by atoms with Crippen molar-refractivity contribution in [2.45, 2.75) is 12.3 Å². The molecule has 0 amide bonds. The van der Waals surface area contributed by atoms with Crippen LogP contribution in [0.4, 0.5) is 0 Å². The molecule has 7 N–H and O–H groups in total. The number of carbonyl (C=O) groups is 1. The molecule has 32 heavy (non-hydrogen) atoms. The maximum absolute atomic E-state index is 12.1. The van der Waals surface area contributed by atoms with E-state index in [1.807, 2.05) is 30.3 Å². The van der Waals surface area contributed by atoms with Gasteiger partial charge in [-0.2, -0.15) is 0 Å². The first-order valence-corrected chi connectivity index (χ1v) is 9.29. The summed E-state index contributed by atoms with van der Waals surface area (Å²) in [6, 6.07) is 16.4. The van der Waals surface area contributed by atoms with Gasteiger partial charge in [0.2, 0.25) is 0 Å². The Kier molecular flexibility index (Phi) is 7.51. The van der Waals surface area contributed by atoms with Crippen LogP contribution in [0.2, 0.25) is 0 Å². The van der Waals surface area contributed by atoms with Crippen LogP contribution in [-0.2, 0) is 11.2 Å². The number of benzene rings is 3. The number of nitrogens with one attached hydrogen (secondary N) is 2. The van der Waals surface area contributed by atoms with Crippen LogP contribution in [0.15, 0.2) is 65.3 Å². The Hall–Kier alpha value is -3.55. The lowest BCUT2D eigenvalue weighted by Gasteiger charge is -2.12. The quantitative estimate of drug-likeness (QED) is 0.208. The van der Waals surface area contributed by atoms with Gasteiger partial charge in [0.15, 0.2) is 0 Å². The molecule has 7 nitrogen and oxygen atoms in total. The lowest BCUT2D eigenvalue weighted by Crippen LogP contribution is -2.14. The number of nitrogen functional groups attached to an aromatic ring is 2. The minimum atomic E-state index is -0.987. The van der Waals surface area contributed by atoms with E-state index in [-0.39, 0.29) is 42.9 Å². The molecule has 0 radical (unpaired) electrons. The molecule has 9 heteroatoms. The lowest BCUT2D eigenvalue weighted by atomic mass is 9.93. The van der Waals surface area contributed by atoms with Crippen LogP contribution in [0.3, 0.4) is 0 Å². The minimum Gasteiger partial charge on any atom is -0.481 e. The SMILES string of the molecule is Cl.Cl.N=C(N)c1ccc2ccc(CC(C(=O)O)c3occ4cc(C(=N)N)ccc34)cc2c1. The molecule has 0 aliphatic heterocycles. The van der Waals surface area contributed by atoms with Crippen molar-refractivity contribution in [2.24, 2.45) is 11.5 Å². The number of carboxylic acids is 1. The number of furan rings is 1. The third-order valence-corrected chi connectivity index (χ3v) is 5.21. The maximum Gasteiger partial charge on any atom is 0.314 e. The van der Waals surface area contributed by atoms with Gasteiger partial charge in [-0.15, -0.1) is 24.8 Å². The Morgan fingerprint density at radius 1 is 0.875 bits per heavy atom. The number of carboxylic acid groups (broad SMARTS) is 1. The first kappa shape index (κ1) is 24.7. The van der Waals surface area contributed by atoms with E-state index in [1.165, 1.54) is 6.26 Å². The zero-order chi connectivity index (χ0) is 21.4. The fraction of sp³-hybridized carbons (Fsp3) is 0.0870. The highest BCUT2D eigenvalue weighted by Gasteiger charge is 2.26. The smallest absolute Gasteiger partial charge is 0.314 e. The van der Waals surface area contributed by atoms with E-state index in [4.69, 9.17) is 26.7 Å². The molecule has 0 fully saturated rings. The molecule has 0 aliphatic carbocycles. The zero-order valence-electron chi connectivity index (χ0n) is 16.8. The summed E-state index contributed by atoms with van der Waals surface area (Å²) >= 11 is 0. The molecule has 1 aromatic heterocycles.